The van der Waals surface area contributed by atoms with Crippen molar-refractivity contribution < 1.29 is 37.4 Å². The van der Waals surface area contributed by atoms with Crippen molar-refractivity contribution in [3.63, 3.8) is 0 Å². The monoisotopic (exact) mass is 551 g/mol. The molecule has 3 aromatic carbocycles. The van der Waals surface area contributed by atoms with Crippen LogP contribution >= 0.6 is 0 Å². The lowest BCUT2D eigenvalue weighted by molar-refractivity contribution is -0.152. The standard InChI is InChI=1S/C27H25N3O8S/c1-3-30(29-25(31)27(33)34)26(32)22-14-18-13-20(38-19-9-11-21(12-10-19)39(2,35)36)15-23(24(18)28-22)37-16-17-7-5-4-6-8-17/h4-15,28H,3,16H2,1-2H3,(H,29,31)(H,33,34). The van der Waals surface area contributed by atoms with Gasteiger partial charge in [-0.3, -0.25) is 15.0 Å². The first-order valence-corrected chi connectivity index (χ1v) is 13.6. The normalized spacial score (nSPS) is 11.1. The Hall–Kier alpha value is -4.84. The molecule has 4 rings (SSSR count). The van der Waals surface area contributed by atoms with Gasteiger partial charge in [0, 0.05) is 24.3 Å². The number of nitrogens with zero attached hydrogens (tertiary/aromatic N) is 1. The molecular weight excluding hydrogens is 526 g/mol. The van der Waals surface area contributed by atoms with Gasteiger partial charge in [0.05, 0.1) is 10.4 Å². The molecule has 3 N–H and O–H groups in total. The Morgan fingerprint density at radius 1 is 0.974 bits per heavy atom. The molecule has 0 fully saturated rings. The number of hydrogen-bond acceptors (Lipinski definition) is 7. The molecular formula is C27H25N3O8S. The summed E-state index contributed by atoms with van der Waals surface area (Å²) in [5.41, 5.74) is 3.52. The van der Waals surface area contributed by atoms with Gasteiger partial charge < -0.3 is 19.6 Å². The Morgan fingerprint density at radius 2 is 1.67 bits per heavy atom. The Balaban J connectivity index is 1.68. The van der Waals surface area contributed by atoms with E-state index in [0.29, 0.717) is 28.2 Å². The lowest BCUT2D eigenvalue weighted by Crippen LogP contribution is -2.48. The molecule has 0 spiro atoms. The molecule has 1 heterocycles. The zero-order valence-electron chi connectivity index (χ0n) is 21.0. The molecule has 0 atom stereocenters. The van der Waals surface area contributed by atoms with E-state index >= 15 is 0 Å². The molecule has 0 saturated carbocycles. The molecule has 0 radical (unpaired) electrons. The maximum atomic E-state index is 13.0. The van der Waals surface area contributed by atoms with Crippen LogP contribution in [-0.2, 0) is 26.0 Å². The maximum absolute atomic E-state index is 13.0. The topological polar surface area (TPSA) is 155 Å². The van der Waals surface area contributed by atoms with Crippen LogP contribution in [0.3, 0.4) is 0 Å². The smallest absolute Gasteiger partial charge is 0.396 e. The number of carbonyl (C=O) groups excluding carboxylic acids is 2. The summed E-state index contributed by atoms with van der Waals surface area (Å²) in [6, 6.07) is 20.2. The van der Waals surface area contributed by atoms with Crippen LogP contribution < -0.4 is 14.9 Å². The van der Waals surface area contributed by atoms with E-state index in [1.54, 1.807) is 19.1 Å². The molecule has 2 amide bonds. The first-order chi connectivity index (χ1) is 18.5. The molecule has 4 aromatic rings. The number of rotatable bonds is 8. The molecule has 1 aromatic heterocycles. The van der Waals surface area contributed by atoms with E-state index in [9.17, 15) is 22.8 Å². The fourth-order valence-electron chi connectivity index (χ4n) is 3.69. The van der Waals surface area contributed by atoms with E-state index in [1.165, 1.54) is 30.3 Å². The summed E-state index contributed by atoms with van der Waals surface area (Å²) < 4.78 is 35.5. The second-order valence-electron chi connectivity index (χ2n) is 8.48. The number of aliphatic carboxylic acids is 1. The predicted molar refractivity (Wildman–Crippen MR) is 141 cm³/mol. The minimum Gasteiger partial charge on any atom is -0.487 e. The van der Waals surface area contributed by atoms with Crippen LogP contribution in [0.2, 0.25) is 0 Å². The second kappa shape index (κ2) is 11.3. The summed E-state index contributed by atoms with van der Waals surface area (Å²) in [6.45, 7) is 1.82. The number of hydrogen-bond donors (Lipinski definition) is 3. The van der Waals surface area contributed by atoms with Crippen molar-refractivity contribution in [2.75, 3.05) is 12.8 Å². The lowest BCUT2D eigenvalue weighted by atomic mass is 10.2. The van der Waals surface area contributed by atoms with Gasteiger partial charge in [-0.1, -0.05) is 30.3 Å². The second-order valence-corrected chi connectivity index (χ2v) is 10.5. The SMILES string of the molecule is CCN(NC(=O)C(=O)O)C(=O)c1cc2cc(Oc3ccc(S(C)(=O)=O)cc3)cc(OCc3ccccc3)c2[nH]1. The predicted octanol–water partition coefficient (Wildman–Crippen LogP) is 3.52. The number of hydrazine groups is 1. The van der Waals surface area contributed by atoms with Gasteiger partial charge in [0.25, 0.3) is 5.91 Å². The Kier molecular flexibility index (Phi) is 7.86. The summed E-state index contributed by atoms with van der Waals surface area (Å²) in [4.78, 5) is 38.7. The van der Waals surface area contributed by atoms with Crippen LogP contribution in [0.25, 0.3) is 10.9 Å². The lowest BCUT2D eigenvalue weighted by Gasteiger charge is -2.19. The van der Waals surface area contributed by atoms with Crippen molar-refractivity contribution in [3.05, 3.63) is 84.1 Å². The van der Waals surface area contributed by atoms with Gasteiger partial charge in [-0.05, 0) is 48.9 Å². The van der Waals surface area contributed by atoms with Gasteiger partial charge in [0.15, 0.2) is 9.84 Å². The van der Waals surface area contributed by atoms with Crippen LogP contribution in [-0.4, -0.2) is 54.1 Å². The number of nitrogens with one attached hydrogen (secondary N) is 2. The molecule has 0 aliphatic carbocycles. The highest BCUT2D eigenvalue weighted by atomic mass is 32.2. The summed E-state index contributed by atoms with van der Waals surface area (Å²) >= 11 is 0. The van der Waals surface area contributed by atoms with Crippen LogP contribution in [0.5, 0.6) is 17.2 Å². The van der Waals surface area contributed by atoms with Gasteiger partial charge in [-0.25, -0.2) is 18.2 Å². The average Bonchev–Trinajstić information content (AvgIpc) is 3.34. The highest BCUT2D eigenvalue weighted by Gasteiger charge is 2.23. The Labute approximate surface area is 223 Å². The quantitative estimate of drug-likeness (QED) is 0.222. The first-order valence-electron chi connectivity index (χ1n) is 11.7. The third-order valence-electron chi connectivity index (χ3n) is 5.61. The van der Waals surface area contributed by atoms with Crippen molar-refractivity contribution in [2.45, 2.75) is 18.4 Å². The number of sulfone groups is 1. The maximum Gasteiger partial charge on any atom is 0.396 e. The number of fused-ring (bicyclic) bond motifs is 1. The van der Waals surface area contributed by atoms with E-state index in [4.69, 9.17) is 14.6 Å². The number of H-pyrrole nitrogens is 1. The van der Waals surface area contributed by atoms with Gasteiger partial charge in [0.1, 0.15) is 29.5 Å². The fourth-order valence-corrected chi connectivity index (χ4v) is 4.32. The summed E-state index contributed by atoms with van der Waals surface area (Å²) in [6.07, 6.45) is 1.12. The number of amides is 2. The largest absolute Gasteiger partial charge is 0.487 e. The Morgan fingerprint density at radius 3 is 2.28 bits per heavy atom. The van der Waals surface area contributed by atoms with Crippen molar-refractivity contribution in [1.82, 2.24) is 15.4 Å². The highest BCUT2D eigenvalue weighted by Crippen LogP contribution is 2.35. The van der Waals surface area contributed by atoms with Crippen molar-refractivity contribution in [3.8, 4) is 17.2 Å². The fraction of sp³-hybridized carbons (Fsp3) is 0.148. The zero-order chi connectivity index (χ0) is 28.2. The molecule has 11 nitrogen and oxygen atoms in total. The molecule has 39 heavy (non-hydrogen) atoms. The minimum absolute atomic E-state index is 0.0163. The number of carboxylic acids is 1. The number of benzene rings is 3. The van der Waals surface area contributed by atoms with Crippen molar-refractivity contribution in [1.29, 1.82) is 0 Å². The van der Waals surface area contributed by atoms with Crippen LogP contribution in [0, 0.1) is 0 Å². The van der Waals surface area contributed by atoms with E-state index in [1.807, 2.05) is 30.3 Å². The van der Waals surface area contributed by atoms with E-state index < -0.39 is 27.6 Å². The summed E-state index contributed by atoms with van der Waals surface area (Å²) in [5, 5.41) is 10.3. The van der Waals surface area contributed by atoms with Crippen LogP contribution in [0.15, 0.2) is 77.7 Å². The number of aromatic amines is 1. The van der Waals surface area contributed by atoms with Gasteiger partial charge >= 0.3 is 11.9 Å². The highest BCUT2D eigenvalue weighted by molar-refractivity contribution is 7.90. The molecule has 202 valence electrons. The average molecular weight is 552 g/mol. The van der Waals surface area contributed by atoms with E-state index in [2.05, 4.69) is 10.4 Å². The summed E-state index contributed by atoms with van der Waals surface area (Å²) in [7, 11) is -3.36. The number of carboxylic acid groups (broad SMARTS) is 1. The molecule has 0 bridgehead atoms. The van der Waals surface area contributed by atoms with Gasteiger partial charge in [-0.15, -0.1) is 0 Å². The summed E-state index contributed by atoms with van der Waals surface area (Å²) in [5.74, 6) is -2.60. The first kappa shape index (κ1) is 27.2. The Bertz CT molecular complexity index is 1630. The van der Waals surface area contributed by atoms with Crippen LogP contribution in [0.4, 0.5) is 0 Å². The molecule has 0 aliphatic rings. The molecule has 0 unspecified atom stereocenters. The number of ether oxygens (including phenoxy) is 2. The number of carbonyl (C=O) groups is 3. The van der Waals surface area contributed by atoms with E-state index in [0.717, 1.165) is 16.8 Å². The van der Waals surface area contributed by atoms with Crippen molar-refractivity contribution in [2.24, 2.45) is 0 Å². The van der Waals surface area contributed by atoms with Gasteiger partial charge in [-0.2, -0.15) is 0 Å². The molecule has 12 heteroatoms. The van der Waals surface area contributed by atoms with Gasteiger partial charge in [0.2, 0.25) is 0 Å². The van der Waals surface area contributed by atoms with E-state index in [-0.39, 0.29) is 23.7 Å². The third kappa shape index (κ3) is 6.54. The minimum atomic E-state index is -3.36. The van der Waals surface area contributed by atoms with Crippen molar-refractivity contribution >= 4 is 38.5 Å². The third-order valence-corrected chi connectivity index (χ3v) is 6.74. The molecule has 0 aliphatic heterocycles. The molecule has 0 saturated heterocycles. The number of aromatic nitrogens is 1. The zero-order valence-corrected chi connectivity index (χ0v) is 21.8. The van der Waals surface area contributed by atoms with Crippen LogP contribution in [0.1, 0.15) is 23.0 Å².